The molecule has 1 atom stereocenters. The molecule has 0 amide bonds. The summed E-state index contributed by atoms with van der Waals surface area (Å²) >= 11 is 5.57. The van der Waals surface area contributed by atoms with Gasteiger partial charge >= 0.3 is 6.18 Å². The molecule has 0 radical (unpaired) electrons. The fraction of sp³-hybridized carbons (Fsp3) is 0.500. The van der Waals surface area contributed by atoms with Gasteiger partial charge in [0, 0.05) is 11.9 Å². The molecule has 18 heavy (non-hydrogen) atoms. The molecular weight excluding hydrogens is 265 g/mol. The van der Waals surface area contributed by atoms with Crippen molar-refractivity contribution in [3.05, 3.63) is 35.4 Å². The molecule has 0 spiro atoms. The molecule has 1 aromatic carbocycles. The first-order chi connectivity index (χ1) is 8.47. The van der Waals surface area contributed by atoms with Gasteiger partial charge in [0.15, 0.2) is 0 Å². The average Bonchev–Trinajstić information content (AvgIpc) is 2.33. The molecule has 0 aliphatic carbocycles. The third-order valence-electron chi connectivity index (χ3n) is 2.66. The Morgan fingerprint density at radius 1 is 1.33 bits per heavy atom. The number of halogens is 4. The average molecular weight is 281 g/mol. The second kappa shape index (κ2) is 6.97. The van der Waals surface area contributed by atoms with E-state index in [1.165, 1.54) is 6.07 Å². The van der Waals surface area contributed by atoms with Crippen molar-refractivity contribution in [3.8, 4) is 0 Å². The van der Waals surface area contributed by atoms with Gasteiger partial charge in [0.05, 0.1) is 5.56 Å². The van der Waals surface area contributed by atoms with E-state index in [0.29, 0.717) is 17.9 Å². The number of nitrogens with one attached hydrogen (secondary N) is 1. The van der Waals surface area contributed by atoms with Crippen LogP contribution >= 0.6 is 11.6 Å². The van der Waals surface area contributed by atoms with Gasteiger partial charge in [-0.05, 0) is 30.9 Å². The molecule has 0 aliphatic rings. The molecule has 0 saturated heterocycles. The predicted molar refractivity (Wildman–Crippen MR) is 66.2 cm³/mol. The minimum Gasteiger partial charge on any atom is -0.271 e. The van der Waals surface area contributed by atoms with Gasteiger partial charge in [-0.25, -0.2) is 0 Å². The highest BCUT2D eigenvalue weighted by molar-refractivity contribution is 6.17. The van der Waals surface area contributed by atoms with E-state index in [4.69, 9.17) is 17.4 Å². The van der Waals surface area contributed by atoms with Gasteiger partial charge in [-0.2, -0.15) is 13.2 Å². The van der Waals surface area contributed by atoms with E-state index >= 15 is 0 Å². The highest BCUT2D eigenvalue weighted by Crippen LogP contribution is 2.29. The quantitative estimate of drug-likeness (QED) is 0.477. The lowest BCUT2D eigenvalue weighted by atomic mass is 10.0. The molecule has 102 valence electrons. The molecule has 0 bridgehead atoms. The Balaban J connectivity index is 2.71. The van der Waals surface area contributed by atoms with Crippen LogP contribution in [0, 0.1) is 0 Å². The van der Waals surface area contributed by atoms with Gasteiger partial charge < -0.3 is 0 Å². The van der Waals surface area contributed by atoms with Gasteiger partial charge in [0.2, 0.25) is 0 Å². The molecule has 1 aromatic rings. The van der Waals surface area contributed by atoms with E-state index in [2.05, 4.69) is 5.43 Å². The lowest BCUT2D eigenvalue weighted by Gasteiger charge is -2.16. The summed E-state index contributed by atoms with van der Waals surface area (Å²) in [6.07, 6.45) is -2.35. The summed E-state index contributed by atoms with van der Waals surface area (Å²) in [5.41, 5.74) is 2.59. The molecule has 0 fully saturated rings. The van der Waals surface area contributed by atoms with Crippen LogP contribution in [0.2, 0.25) is 0 Å². The lowest BCUT2D eigenvalue weighted by Crippen LogP contribution is -2.36. The Morgan fingerprint density at radius 3 is 2.61 bits per heavy atom. The van der Waals surface area contributed by atoms with Crippen LogP contribution in [0.15, 0.2) is 24.3 Å². The van der Waals surface area contributed by atoms with Gasteiger partial charge in [0.1, 0.15) is 0 Å². The summed E-state index contributed by atoms with van der Waals surface area (Å²) in [4.78, 5) is 0. The number of alkyl halides is 4. The molecule has 0 aliphatic heterocycles. The fourth-order valence-corrected chi connectivity index (χ4v) is 1.88. The molecule has 1 rings (SSSR count). The van der Waals surface area contributed by atoms with Gasteiger partial charge in [0.25, 0.3) is 0 Å². The number of hydrogen-bond acceptors (Lipinski definition) is 2. The number of rotatable bonds is 6. The maximum atomic E-state index is 12.5. The standard InChI is InChI=1S/C12H16ClF3N2/c13-6-2-5-11(18-17)8-9-3-1-4-10(7-9)12(14,15)16/h1,3-4,7,11,18H,2,5-6,8,17H2. The van der Waals surface area contributed by atoms with Crippen molar-refractivity contribution in [2.45, 2.75) is 31.5 Å². The SMILES string of the molecule is NNC(CCCCl)Cc1cccc(C(F)(F)F)c1. The molecule has 6 heteroatoms. The van der Waals surface area contributed by atoms with Gasteiger partial charge in [-0.1, -0.05) is 18.2 Å². The van der Waals surface area contributed by atoms with Crippen molar-refractivity contribution in [1.29, 1.82) is 0 Å². The fourth-order valence-electron chi connectivity index (χ4n) is 1.73. The van der Waals surface area contributed by atoms with Crippen molar-refractivity contribution < 1.29 is 13.2 Å². The molecule has 2 nitrogen and oxygen atoms in total. The Kier molecular flexibility index (Phi) is 5.91. The molecule has 3 N–H and O–H groups in total. The van der Waals surface area contributed by atoms with Crippen LogP contribution < -0.4 is 11.3 Å². The van der Waals surface area contributed by atoms with Crippen molar-refractivity contribution in [1.82, 2.24) is 5.43 Å². The van der Waals surface area contributed by atoms with Crippen LogP contribution in [0.25, 0.3) is 0 Å². The summed E-state index contributed by atoms with van der Waals surface area (Å²) in [7, 11) is 0. The van der Waals surface area contributed by atoms with Crippen molar-refractivity contribution in [2.24, 2.45) is 5.84 Å². The second-order valence-electron chi connectivity index (χ2n) is 4.10. The minimum atomic E-state index is -4.31. The number of benzene rings is 1. The van der Waals surface area contributed by atoms with Crippen molar-refractivity contribution in [3.63, 3.8) is 0 Å². The number of nitrogens with two attached hydrogens (primary N) is 1. The largest absolute Gasteiger partial charge is 0.416 e. The first-order valence-corrected chi connectivity index (χ1v) is 6.19. The van der Waals surface area contributed by atoms with Crippen LogP contribution in [0.4, 0.5) is 13.2 Å². The zero-order valence-electron chi connectivity index (χ0n) is 9.80. The van der Waals surface area contributed by atoms with Gasteiger partial charge in [-0.3, -0.25) is 11.3 Å². The Bertz CT molecular complexity index is 369. The van der Waals surface area contributed by atoms with Gasteiger partial charge in [-0.15, -0.1) is 11.6 Å². The van der Waals surface area contributed by atoms with E-state index in [1.54, 1.807) is 6.07 Å². The summed E-state index contributed by atoms with van der Waals surface area (Å²) < 4.78 is 37.6. The van der Waals surface area contributed by atoms with E-state index in [1.807, 2.05) is 0 Å². The van der Waals surface area contributed by atoms with Crippen molar-refractivity contribution >= 4 is 11.6 Å². The number of hydrogen-bond donors (Lipinski definition) is 2. The van der Waals surface area contributed by atoms with Crippen LogP contribution in [-0.4, -0.2) is 11.9 Å². The normalized spacial score (nSPS) is 13.6. The van der Waals surface area contributed by atoms with Crippen LogP contribution in [0.5, 0.6) is 0 Å². The first kappa shape index (κ1) is 15.3. The van der Waals surface area contributed by atoms with E-state index in [-0.39, 0.29) is 6.04 Å². The molecule has 1 unspecified atom stereocenters. The lowest BCUT2D eigenvalue weighted by molar-refractivity contribution is -0.137. The summed E-state index contributed by atoms with van der Waals surface area (Å²) in [5.74, 6) is 5.88. The third-order valence-corrected chi connectivity index (χ3v) is 2.93. The van der Waals surface area contributed by atoms with Crippen LogP contribution in [-0.2, 0) is 12.6 Å². The molecular formula is C12H16ClF3N2. The van der Waals surface area contributed by atoms with E-state index in [0.717, 1.165) is 25.0 Å². The third kappa shape index (κ3) is 4.84. The summed E-state index contributed by atoms with van der Waals surface area (Å²) in [6, 6.07) is 5.23. The molecule has 0 saturated carbocycles. The Morgan fingerprint density at radius 2 is 2.06 bits per heavy atom. The highest BCUT2D eigenvalue weighted by Gasteiger charge is 2.30. The highest BCUT2D eigenvalue weighted by atomic mass is 35.5. The Labute approximate surface area is 109 Å². The zero-order chi connectivity index (χ0) is 13.6. The second-order valence-corrected chi connectivity index (χ2v) is 4.48. The minimum absolute atomic E-state index is 0.0627. The first-order valence-electron chi connectivity index (χ1n) is 5.65. The maximum absolute atomic E-state index is 12.5. The zero-order valence-corrected chi connectivity index (χ0v) is 10.6. The summed E-state index contributed by atoms with van der Waals surface area (Å²) in [6.45, 7) is 0. The molecule has 0 heterocycles. The predicted octanol–water partition coefficient (Wildman–Crippen LogP) is 3.10. The number of hydrazine groups is 1. The van der Waals surface area contributed by atoms with Crippen LogP contribution in [0.1, 0.15) is 24.0 Å². The molecule has 0 aromatic heterocycles. The van der Waals surface area contributed by atoms with Crippen LogP contribution in [0.3, 0.4) is 0 Å². The Hall–Kier alpha value is -0.780. The monoisotopic (exact) mass is 280 g/mol. The topological polar surface area (TPSA) is 38.0 Å². The van der Waals surface area contributed by atoms with E-state index in [9.17, 15) is 13.2 Å². The maximum Gasteiger partial charge on any atom is 0.416 e. The van der Waals surface area contributed by atoms with E-state index < -0.39 is 11.7 Å². The smallest absolute Gasteiger partial charge is 0.271 e. The summed E-state index contributed by atoms with van der Waals surface area (Å²) in [5, 5.41) is 0. The van der Waals surface area contributed by atoms with Crippen molar-refractivity contribution in [2.75, 3.05) is 5.88 Å².